The third kappa shape index (κ3) is 4.16. The highest BCUT2D eigenvalue weighted by atomic mass is 35.5. The van der Waals surface area contributed by atoms with Gasteiger partial charge >= 0.3 is 5.97 Å². The first-order chi connectivity index (χ1) is 9.99. The van der Waals surface area contributed by atoms with E-state index in [9.17, 15) is 4.79 Å². The molecule has 0 aliphatic rings. The molecule has 0 amide bonds. The fourth-order valence-electron chi connectivity index (χ4n) is 2.18. The first-order valence-corrected chi connectivity index (χ1v) is 7.27. The Bertz CT molecular complexity index is 658. The zero-order valence-corrected chi connectivity index (χ0v) is 13.3. The van der Waals surface area contributed by atoms with Gasteiger partial charge in [-0.05, 0) is 38.6 Å². The van der Waals surface area contributed by atoms with Crippen LogP contribution in [0, 0.1) is 6.92 Å². The number of ether oxygens (including phenoxy) is 1. The molecule has 2 rings (SSSR count). The van der Waals surface area contributed by atoms with Gasteiger partial charge in [-0.15, -0.1) is 0 Å². The van der Waals surface area contributed by atoms with Gasteiger partial charge in [0.25, 0.3) is 0 Å². The minimum Gasteiger partial charge on any atom is -0.465 e. The third-order valence-electron chi connectivity index (χ3n) is 3.14. The summed E-state index contributed by atoms with van der Waals surface area (Å²) in [7, 11) is 1.85. The van der Waals surface area contributed by atoms with Gasteiger partial charge in [0, 0.05) is 17.5 Å². The smallest absolute Gasteiger partial charge is 0.320 e. The number of hydrogen-bond donors (Lipinski definition) is 0. The lowest BCUT2D eigenvalue weighted by Gasteiger charge is -2.16. The molecule has 0 atom stereocenters. The normalized spacial score (nSPS) is 11.1. The number of pyridine rings is 1. The van der Waals surface area contributed by atoms with Crippen molar-refractivity contribution in [3.8, 4) is 0 Å². The molecule has 4 nitrogen and oxygen atoms in total. The van der Waals surface area contributed by atoms with Crippen molar-refractivity contribution >= 4 is 28.5 Å². The van der Waals surface area contributed by atoms with Crippen molar-refractivity contribution < 1.29 is 9.53 Å². The van der Waals surface area contributed by atoms with E-state index in [1.165, 1.54) is 0 Å². The molecule has 0 aliphatic heterocycles. The van der Waals surface area contributed by atoms with Crippen molar-refractivity contribution in [2.24, 2.45) is 0 Å². The number of halogens is 1. The number of rotatable bonds is 5. The number of carbonyl (C=O) groups is 1. The number of esters is 1. The molecule has 1 aromatic carbocycles. The number of nitrogens with zero attached hydrogens (tertiary/aromatic N) is 2. The van der Waals surface area contributed by atoms with Crippen molar-refractivity contribution in [2.75, 3.05) is 20.2 Å². The van der Waals surface area contributed by atoms with E-state index in [1.807, 2.05) is 43.1 Å². The molecular weight excluding hydrogens is 288 g/mol. The van der Waals surface area contributed by atoms with Gasteiger partial charge in [0.05, 0.1) is 18.7 Å². The fraction of sp³-hybridized carbons (Fsp3) is 0.375. The average Bonchev–Trinajstić information content (AvgIpc) is 2.40. The Hall–Kier alpha value is -1.65. The summed E-state index contributed by atoms with van der Waals surface area (Å²) in [6.07, 6.45) is 0. The van der Waals surface area contributed by atoms with Gasteiger partial charge in [0.15, 0.2) is 0 Å². The number of fused-ring (bicyclic) bond motifs is 1. The number of aryl methyl sites for hydroxylation is 1. The Morgan fingerprint density at radius 3 is 2.86 bits per heavy atom. The predicted molar refractivity (Wildman–Crippen MR) is 84.5 cm³/mol. The quantitative estimate of drug-likeness (QED) is 0.628. The van der Waals surface area contributed by atoms with Gasteiger partial charge in [0.1, 0.15) is 5.15 Å². The second-order valence-electron chi connectivity index (χ2n) is 5.11. The van der Waals surface area contributed by atoms with Crippen LogP contribution in [0.5, 0.6) is 0 Å². The second-order valence-corrected chi connectivity index (χ2v) is 5.47. The number of carbonyl (C=O) groups excluding carboxylic acids is 1. The maximum atomic E-state index is 11.5. The van der Waals surface area contributed by atoms with Crippen LogP contribution >= 0.6 is 11.6 Å². The lowest BCUT2D eigenvalue weighted by molar-refractivity contribution is -0.144. The van der Waals surface area contributed by atoms with Crippen LogP contribution in [-0.4, -0.2) is 36.1 Å². The number of hydrogen-bond acceptors (Lipinski definition) is 4. The molecule has 0 N–H and O–H groups in total. The van der Waals surface area contributed by atoms with E-state index in [1.54, 1.807) is 6.92 Å². The Morgan fingerprint density at radius 2 is 2.14 bits per heavy atom. The molecule has 21 heavy (non-hydrogen) atoms. The highest BCUT2D eigenvalue weighted by molar-refractivity contribution is 6.30. The molecule has 1 heterocycles. The van der Waals surface area contributed by atoms with Crippen molar-refractivity contribution in [3.63, 3.8) is 0 Å². The van der Waals surface area contributed by atoms with E-state index in [2.05, 4.69) is 4.98 Å². The monoisotopic (exact) mass is 306 g/mol. The summed E-state index contributed by atoms with van der Waals surface area (Å²) in [5.41, 5.74) is 2.94. The standard InChI is InChI=1S/C16H19ClN2O2/c1-4-21-15(20)10-19(3)9-13-8-12-6-5-11(2)7-14(12)18-16(13)17/h5-8H,4,9-10H2,1-3H3. The van der Waals surface area contributed by atoms with E-state index < -0.39 is 0 Å². The van der Waals surface area contributed by atoms with Gasteiger partial charge < -0.3 is 4.74 Å². The molecule has 0 saturated carbocycles. The lowest BCUT2D eigenvalue weighted by Crippen LogP contribution is -2.27. The first kappa shape index (κ1) is 15.7. The number of benzene rings is 1. The van der Waals surface area contributed by atoms with E-state index in [0.29, 0.717) is 18.3 Å². The van der Waals surface area contributed by atoms with Crippen LogP contribution in [0.1, 0.15) is 18.1 Å². The lowest BCUT2D eigenvalue weighted by atomic mass is 10.1. The molecule has 0 saturated heterocycles. The van der Waals surface area contributed by atoms with Crippen LogP contribution in [0.4, 0.5) is 0 Å². The van der Waals surface area contributed by atoms with Gasteiger partial charge in [0.2, 0.25) is 0 Å². The van der Waals surface area contributed by atoms with Crippen molar-refractivity contribution in [1.29, 1.82) is 0 Å². The van der Waals surface area contributed by atoms with E-state index in [4.69, 9.17) is 16.3 Å². The Labute approximate surface area is 129 Å². The van der Waals surface area contributed by atoms with Crippen LogP contribution in [0.15, 0.2) is 24.3 Å². The zero-order valence-electron chi connectivity index (χ0n) is 12.5. The largest absolute Gasteiger partial charge is 0.465 e. The number of aromatic nitrogens is 1. The first-order valence-electron chi connectivity index (χ1n) is 6.89. The number of likely N-dealkylation sites (N-methyl/N-ethyl adjacent to an activating group) is 1. The van der Waals surface area contributed by atoms with Gasteiger partial charge in [-0.1, -0.05) is 23.7 Å². The topological polar surface area (TPSA) is 42.4 Å². The van der Waals surface area contributed by atoms with Crippen LogP contribution in [0.25, 0.3) is 10.9 Å². The fourth-order valence-corrected chi connectivity index (χ4v) is 2.39. The molecule has 112 valence electrons. The van der Waals surface area contributed by atoms with Crippen molar-refractivity contribution in [2.45, 2.75) is 20.4 Å². The highest BCUT2D eigenvalue weighted by Gasteiger charge is 2.11. The summed E-state index contributed by atoms with van der Waals surface area (Å²) in [4.78, 5) is 17.8. The molecular formula is C16H19ClN2O2. The molecule has 0 spiro atoms. The zero-order chi connectivity index (χ0) is 15.4. The van der Waals surface area contributed by atoms with Crippen LogP contribution in [-0.2, 0) is 16.1 Å². The molecule has 0 bridgehead atoms. The molecule has 0 unspecified atom stereocenters. The van der Waals surface area contributed by atoms with Gasteiger partial charge in [-0.2, -0.15) is 0 Å². The summed E-state index contributed by atoms with van der Waals surface area (Å²) < 4.78 is 4.93. The Balaban J connectivity index is 2.16. The molecule has 2 aromatic rings. The van der Waals surface area contributed by atoms with E-state index >= 15 is 0 Å². The SMILES string of the molecule is CCOC(=O)CN(C)Cc1cc2ccc(C)cc2nc1Cl. The predicted octanol–water partition coefficient (Wildman–Crippen LogP) is 3.19. The summed E-state index contributed by atoms with van der Waals surface area (Å²) in [5.74, 6) is -0.236. The molecule has 0 radical (unpaired) electrons. The maximum Gasteiger partial charge on any atom is 0.320 e. The van der Waals surface area contributed by atoms with Gasteiger partial charge in [-0.3, -0.25) is 9.69 Å². The Morgan fingerprint density at radius 1 is 1.38 bits per heavy atom. The third-order valence-corrected chi connectivity index (χ3v) is 3.47. The van der Waals surface area contributed by atoms with Gasteiger partial charge in [-0.25, -0.2) is 4.98 Å². The van der Waals surface area contributed by atoms with Crippen molar-refractivity contribution in [1.82, 2.24) is 9.88 Å². The summed E-state index contributed by atoms with van der Waals surface area (Å²) in [6, 6.07) is 8.10. The average molecular weight is 307 g/mol. The van der Waals surface area contributed by atoms with E-state index in [0.717, 1.165) is 22.0 Å². The van der Waals surface area contributed by atoms with Crippen LogP contribution < -0.4 is 0 Å². The Kier molecular flexibility index (Phi) is 5.15. The molecule has 0 fully saturated rings. The summed E-state index contributed by atoms with van der Waals surface area (Å²) in [6.45, 7) is 4.99. The molecule has 1 aromatic heterocycles. The van der Waals surface area contributed by atoms with Crippen LogP contribution in [0.2, 0.25) is 5.15 Å². The van der Waals surface area contributed by atoms with E-state index in [-0.39, 0.29) is 12.5 Å². The summed E-state index contributed by atoms with van der Waals surface area (Å²) >= 11 is 6.24. The summed E-state index contributed by atoms with van der Waals surface area (Å²) in [5, 5.41) is 1.52. The van der Waals surface area contributed by atoms with Crippen LogP contribution in [0.3, 0.4) is 0 Å². The van der Waals surface area contributed by atoms with Crippen molar-refractivity contribution in [3.05, 3.63) is 40.5 Å². The minimum absolute atomic E-state index is 0.232. The highest BCUT2D eigenvalue weighted by Crippen LogP contribution is 2.22. The molecule has 5 heteroatoms. The minimum atomic E-state index is -0.236. The maximum absolute atomic E-state index is 11.5. The second kappa shape index (κ2) is 6.87. The molecule has 0 aliphatic carbocycles.